The molecule has 0 unspecified atom stereocenters. The van der Waals surface area contributed by atoms with Crippen molar-refractivity contribution in [3.05, 3.63) is 95.3 Å². The maximum Gasteiger partial charge on any atom is 0.338 e. The zero-order chi connectivity index (χ0) is 22.9. The molecule has 0 heterocycles. The van der Waals surface area contributed by atoms with Gasteiger partial charge in [0, 0.05) is 17.9 Å². The van der Waals surface area contributed by atoms with Crippen LogP contribution in [0.25, 0.3) is 0 Å². The van der Waals surface area contributed by atoms with E-state index in [4.69, 9.17) is 4.74 Å². The van der Waals surface area contributed by atoms with Crippen molar-refractivity contribution in [1.82, 2.24) is 5.32 Å². The van der Waals surface area contributed by atoms with Gasteiger partial charge >= 0.3 is 12.0 Å². The number of urea groups is 1. The van der Waals surface area contributed by atoms with E-state index in [0.29, 0.717) is 22.5 Å². The minimum absolute atomic E-state index is 0.124. The molecule has 3 rings (SSSR count). The largest absolute Gasteiger partial charge is 0.452 e. The van der Waals surface area contributed by atoms with E-state index >= 15 is 0 Å². The van der Waals surface area contributed by atoms with Gasteiger partial charge in [-0.25, -0.2) is 14.0 Å². The molecule has 32 heavy (non-hydrogen) atoms. The molecule has 3 N–H and O–H groups in total. The molecule has 0 aromatic heterocycles. The summed E-state index contributed by atoms with van der Waals surface area (Å²) in [4.78, 5) is 36.0. The second-order valence-corrected chi connectivity index (χ2v) is 6.96. The number of amides is 3. The molecule has 0 aliphatic rings. The number of anilines is 2. The van der Waals surface area contributed by atoms with Gasteiger partial charge in [0.05, 0.1) is 5.56 Å². The van der Waals surface area contributed by atoms with E-state index in [2.05, 4.69) is 16.0 Å². The van der Waals surface area contributed by atoms with Crippen LogP contribution in [0, 0.1) is 12.7 Å². The number of aryl methyl sites for hydroxylation is 1. The number of carbonyl (C=O) groups excluding carboxylic acids is 3. The maximum atomic E-state index is 13.5. The van der Waals surface area contributed by atoms with Gasteiger partial charge in [-0.3, -0.25) is 4.79 Å². The summed E-state index contributed by atoms with van der Waals surface area (Å²) < 4.78 is 18.5. The van der Waals surface area contributed by atoms with Crippen molar-refractivity contribution in [3.8, 4) is 0 Å². The molecule has 3 aromatic carbocycles. The van der Waals surface area contributed by atoms with Crippen LogP contribution in [0.4, 0.5) is 20.6 Å². The van der Waals surface area contributed by atoms with Gasteiger partial charge < -0.3 is 20.7 Å². The predicted octanol–water partition coefficient (Wildman–Crippen LogP) is 4.25. The van der Waals surface area contributed by atoms with Crippen LogP contribution >= 0.6 is 0 Å². The fraction of sp³-hybridized carbons (Fsp3) is 0.125. The average Bonchev–Trinajstić information content (AvgIpc) is 2.79. The summed E-state index contributed by atoms with van der Waals surface area (Å²) >= 11 is 0. The Morgan fingerprint density at radius 2 is 1.53 bits per heavy atom. The number of esters is 1. The number of benzene rings is 3. The van der Waals surface area contributed by atoms with Crippen LogP contribution in [0.5, 0.6) is 0 Å². The normalized spacial score (nSPS) is 10.2. The number of halogens is 1. The summed E-state index contributed by atoms with van der Waals surface area (Å²) in [5.74, 6) is -1.53. The zero-order valence-electron chi connectivity index (χ0n) is 17.4. The quantitative estimate of drug-likeness (QED) is 0.484. The van der Waals surface area contributed by atoms with Gasteiger partial charge in [0.2, 0.25) is 0 Å². The molecule has 0 saturated carbocycles. The zero-order valence-corrected chi connectivity index (χ0v) is 17.4. The van der Waals surface area contributed by atoms with Crippen LogP contribution in [0.1, 0.15) is 21.5 Å². The Morgan fingerprint density at radius 3 is 2.19 bits per heavy atom. The standard InChI is InChI=1S/C24H22FN3O4/c1-16-7-8-17(13-21(16)25)14-26-22(29)15-32-23(30)18-9-11-20(12-10-18)28-24(31)27-19-5-3-2-4-6-19/h2-13H,14-15H2,1H3,(H,26,29)(H2,27,28,31). The highest BCUT2D eigenvalue weighted by molar-refractivity contribution is 6.00. The van der Waals surface area contributed by atoms with Crippen molar-refractivity contribution in [2.24, 2.45) is 0 Å². The van der Waals surface area contributed by atoms with Crippen LogP contribution in [0.15, 0.2) is 72.8 Å². The first-order chi connectivity index (χ1) is 15.4. The van der Waals surface area contributed by atoms with Crippen molar-refractivity contribution in [3.63, 3.8) is 0 Å². The number of para-hydroxylation sites is 1. The Morgan fingerprint density at radius 1 is 0.875 bits per heavy atom. The Balaban J connectivity index is 1.43. The summed E-state index contributed by atoms with van der Waals surface area (Å²) in [5.41, 5.74) is 2.49. The lowest BCUT2D eigenvalue weighted by Gasteiger charge is -2.09. The lowest BCUT2D eigenvalue weighted by molar-refractivity contribution is -0.124. The van der Waals surface area contributed by atoms with Crippen LogP contribution in [-0.2, 0) is 16.1 Å². The molecule has 0 saturated heterocycles. The molecule has 0 radical (unpaired) electrons. The summed E-state index contributed by atoms with van der Waals surface area (Å²) in [6.45, 7) is 1.31. The molecule has 0 atom stereocenters. The Hall–Kier alpha value is -4.20. The summed E-state index contributed by atoms with van der Waals surface area (Å²) in [6.07, 6.45) is 0. The number of ether oxygens (including phenoxy) is 1. The van der Waals surface area contributed by atoms with Gasteiger partial charge in [-0.1, -0.05) is 30.3 Å². The minimum Gasteiger partial charge on any atom is -0.452 e. The van der Waals surface area contributed by atoms with Crippen LogP contribution in [0.2, 0.25) is 0 Å². The Kier molecular flexibility index (Phi) is 7.53. The smallest absolute Gasteiger partial charge is 0.338 e. The highest BCUT2D eigenvalue weighted by atomic mass is 19.1. The molecule has 7 nitrogen and oxygen atoms in total. The van der Waals surface area contributed by atoms with E-state index in [0.717, 1.165) is 0 Å². The molecule has 0 aliphatic carbocycles. The van der Waals surface area contributed by atoms with Crippen LogP contribution in [0.3, 0.4) is 0 Å². The van der Waals surface area contributed by atoms with Crippen molar-refractivity contribution in [2.75, 3.05) is 17.2 Å². The lowest BCUT2D eigenvalue weighted by atomic mass is 10.1. The molecule has 3 aromatic rings. The SMILES string of the molecule is Cc1ccc(CNC(=O)COC(=O)c2ccc(NC(=O)Nc3ccccc3)cc2)cc1F. The number of hydrogen-bond acceptors (Lipinski definition) is 4. The number of nitrogens with one attached hydrogen (secondary N) is 3. The fourth-order valence-electron chi connectivity index (χ4n) is 2.72. The van der Waals surface area contributed by atoms with Gasteiger partial charge in [-0.05, 0) is 60.5 Å². The van der Waals surface area contributed by atoms with Crippen molar-refractivity contribution < 1.29 is 23.5 Å². The van der Waals surface area contributed by atoms with E-state index in [9.17, 15) is 18.8 Å². The molecule has 0 bridgehead atoms. The average molecular weight is 435 g/mol. The lowest BCUT2D eigenvalue weighted by Crippen LogP contribution is -2.28. The van der Waals surface area contributed by atoms with E-state index in [1.54, 1.807) is 55.5 Å². The third kappa shape index (κ3) is 6.66. The van der Waals surface area contributed by atoms with Crippen LogP contribution < -0.4 is 16.0 Å². The molecular weight excluding hydrogens is 413 g/mol. The van der Waals surface area contributed by atoms with Gasteiger partial charge in [-0.15, -0.1) is 0 Å². The molecule has 3 amide bonds. The van der Waals surface area contributed by atoms with Crippen molar-refractivity contribution in [2.45, 2.75) is 13.5 Å². The third-order valence-corrected chi connectivity index (χ3v) is 4.47. The molecule has 164 valence electrons. The highest BCUT2D eigenvalue weighted by Crippen LogP contribution is 2.12. The van der Waals surface area contributed by atoms with Gasteiger partial charge in [-0.2, -0.15) is 0 Å². The monoisotopic (exact) mass is 435 g/mol. The molecule has 0 aliphatic heterocycles. The topological polar surface area (TPSA) is 96.5 Å². The van der Waals surface area contributed by atoms with Crippen LogP contribution in [-0.4, -0.2) is 24.5 Å². The molecule has 0 fully saturated rings. The van der Waals surface area contributed by atoms with Gasteiger partial charge in [0.15, 0.2) is 6.61 Å². The molecular formula is C24H22FN3O4. The van der Waals surface area contributed by atoms with Crippen molar-refractivity contribution in [1.29, 1.82) is 0 Å². The number of rotatable bonds is 7. The third-order valence-electron chi connectivity index (χ3n) is 4.47. The van der Waals surface area contributed by atoms with Gasteiger partial charge in [0.1, 0.15) is 5.82 Å². The highest BCUT2D eigenvalue weighted by Gasteiger charge is 2.11. The molecule has 8 heteroatoms. The van der Waals surface area contributed by atoms with E-state index in [-0.39, 0.29) is 17.9 Å². The van der Waals surface area contributed by atoms with E-state index < -0.39 is 24.5 Å². The second-order valence-electron chi connectivity index (χ2n) is 6.96. The van der Waals surface area contributed by atoms with E-state index in [1.165, 1.54) is 18.2 Å². The van der Waals surface area contributed by atoms with E-state index in [1.807, 2.05) is 6.07 Å². The van der Waals surface area contributed by atoms with Gasteiger partial charge in [0.25, 0.3) is 5.91 Å². The first-order valence-electron chi connectivity index (χ1n) is 9.82. The molecule has 0 spiro atoms. The second kappa shape index (κ2) is 10.7. The minimum atomic E-state index is -0.679. The maximum absolute atomic E-state index is 13.5. The Labute approximate surface area is 184 Å². The summed E-state index contributed by atoms with van der Waals surface area (Å²) in [6, 6.07) is 19.3. The fourth-order valence-corrected chi connectivity index (χ4v) is 2.72. The van der Waals surface area contributed by atoms with Crippen molar-refractivity contribution >= 4 is 29.3 Å². The number of hydrogen-bond donors (Lipinski definition) is 3. The Bertz CT molecular complexity index is 1100. The predicted molar refractivity (Wildman–Crippen MR) is 119 cm³/mol. The summed E-state index contributed by atoms with van der Waals surface area (Å²) in [5, 5.41) is 7.90. The summed E-state index contributed by atoms with van der Waals surface area (Å²) in [7, 11) is 0. The number of carbonyl (C=O) groups is 3. The first kappa shape index (κ1) is 22.5. The first-order valence-corrected chi connectivity index (χ1v) is 9.82.